The van der Waals surface area contributed by atoms with E-state index in [1.807, 2.05) is 13.0 Å². The van der Waals surface area contributed by atoms with Crippen molar-refractivity contribution in [3.8, 4) is 6.07 Å². The van der Waals surface area contributed by atoms with E-state index in [0.717, 1.165) is 12.8 Å². The molecule has 1 N–H and O–H groups in total. The summed E-state index contributed by atoms with van der Waals surface area (Å²) in [6, 6.07) is 6.45. The number of nitriles is 1. The summed E-state index contributed by atoms with van der Waals surface area (Å²) >= 11 is 5.84. The Morgan fingerprint density at radius 1 is 1.45 bits per heavy atom. The third kappa shape index (κ3) is 5.29. The second-order valence-electron chi connectivity index (χ2n) is 4.12. The van der Waals surface area contributed by atoms with E-state index in [1.54, 1.807) is 6.07 Å². The molecule has 0 aromatic heterocycles. The Bertz CT molecular complexity index is 538. The first-order chi connectivity index (χ1) is 9.56. The number of hydrogen-bond acceptors (Lipinski definition) is 4. The number of nitrogens with one attached hydrogen (secondary N) is 1. The topological polar surface area (TPSA) is 79.2 Å². The summed E-state index contributed by atoms with van der Waals surface area (Å²) in [6.45, 7) is 1.63. The van der Waals surface area contributed by atoms with Crippen LogP contribution in [0.25, 0.3) is 0 Å². The Hall–Kier alpha value is -2.06. The number of carbonyl (C=O) groups is 2. The van der Waals surface area contributed by atoms with Gasteiger partial charge in [0, 0.05) is 12.1 Å². The van der Waals surface area contributed by atoms with Crippen molar-refractivity contribution in [2.24, 2.45) is 0 Å². The quantitative estimate of drug-likeness (QED) is 0.818. The molecule has 1 amide bonds. The molecule has 0 heterocycles. The zero-order chi connectivity index (χ0) is 15.0. The molecule has 5 nitrogen and oxygen atoms in total. The number of rotatable bonds is 6. The van der Waals surface area contributed by atoms with Crippen LogP contribution in [0.5, 0.6) is 0 Å². The fraction of sp³-hybridized carbons (Fsp3) is 0.357. The van der Waals surface area contributed by atoms with Crippen LogP contribution in [0, 0.1) is 11.3 Å². The Balaban J connectivity index is 2.45. The minimum absolute atomic E-state index is 0.255. The molecule has 0 saturated carbocycles. The monoisotopic (exact) mass is 294 g/mol. The number of benzene rings is 1. The van der Waals surface area contributed by atoms with Gasteiger partial charge in [-0.1, -0.05) is 24.9 Å². The van der Waals surface area contributed by atoms with Gasteiger partial charge in [-0.05, 0) is 24.6 Å². The Morgan fingerprint density at radius 3 is 2.80 bits per heavy atom. The first-order valence-corrected chi connectivity index (χ1v) is 6.59. The highest BCUT2D eigenvalue weighted by Gasteiger charge is 2.08. The molecule has 0 atom stereocenters. The highest BCUT2D eigenvalue weighted by atomic mass is 35.5. The van der Waals surface area contributed by atoms with E-state index in [4.69, 9.17) is 21.6 Å². The first-order valence-electron chi connectivity index (χ1n) is 6.22. The van der Waals surface area contributed by atoms with Crippen LogP contribution >= 0.6 is 11.6 Å². The number of carbonyl (C=O) groups excluding carboxylic acids is 2. The van der Waals surface area contributed by atoms with E-state index >= 15 is 0 Å². The molecule has 6 heteroatoms. The van der Waals surface area contributed by atoms with Crippen LogP contribution in [-0.2, 0) is 14.3 Å². The van der Waals surface area contributed by atoms with Crippen molar-refractivity contribution in [1.29, 1.82) is 5.26 Å². The van der Waals surface area contributed by atoms with Gasteiger partial charge in [-0.3, -0.25) is 9.59 Å². The third-order valence-corrected chi connectivity index (χ3v) is 2.78. The van der Waals surface area contributed by atoms with E-state index in [1.165, 1.54) is 12.1 Å². The summed E-state index contributed by atoms with van der Waals surface area (Å²) in [7, 11) is 0. The van der Waals surface area contributed by atoms with E-state index in [-0.39, 0.29) is 17.6 Å². The average molecular weight is 295 g/mol. The summed E-state index contributed by atoms with van der Waals surface area (Å²) in [4.78, 5) is 22.8. The predicted octanol–water partition coefficient (Wildman–Crippen LogP) is 2.88. The van der Waals surface area contributed by atoms with Crippen LogP contribution in [0.1, 0.15) is 31.7 Å². The lowest BCUT2D eigenvalue weighted by molar-refractivity contribution is -0.147. The molecular formula is C14H15ClN2O3. The second kappa shape index (κ2) is 8.18. The summed E-state index contributed by atoms with van der Waals surface area (Å²) in [5.74, 6) is -0.838. The normalized spacial score (nSPS) is 9.65. The lowest BCUT2D eigenvalue weighted by Gasteiger charge is -2.07. The zero-order valence-electron chi connectivity index (χ0n) is 11.1. The van der Waals surface area contributed by atoms with Crippen molar-refractivity contribution < 1.29 is 14.3 Å². The van der Waals surface area contributed by atoms with Gasteiger partial charge in [0.25, 0.3) is 5.91 Å². The van der Waals surface area contributed by atoms with Gasteiger partial charge in [0.2, 0.25) is 0 Å². The number of anilines is 1. The lowest BCUT2D eigenvalue weighted by Crippen LogP contribution is -2.20. The predicted molar refractivity (Wildman–Crippen MR) is 75.3 cm³/mol. The number of halogens is 1. The summed E-state index contributed by atoms with van der Waals surface area (Å²) < 4.78 is 4.82. The van der Waals surface area contributed by atoms with Crippen LogP contribution < -0.4 is 5.32 Å². The van der Waals surface area contributed by atoms with Crippen LogP contribution in [0.4, 0.5) is 5.69 Å². The maximum Gasteiger partial charge on any atom is 0.306 e. The molecule has 0 fully saturated rings. The van der Waals surface area contributed by atoms with Gasteiger partial charge in [0.1, 0.15) is 6.07 Å². The standard InChI is InChI=1S/C14H15ClN2O3/c1-2-3-4-14(19)20-9-13(18)17-11-6-5-10(8-16)12(15)7-11/h5-7H,2-4,9H2,1H3,(H,17,18). The minimum atomic E-state index is -0.448. The van der Waals surface area contributed by atoms with Gasteiger partial charge in [0.15, 0.2) is 6.61 Å². The SMILES string of the molecule is CCCCC(=O)OCC(=O)Nc1ccc(C#N)c(Cl)c1. The number of nitrogens with zero attached hydrogens (tertiary/aromatic N) is 1. The largest absolute Gasteiger partial charge is 0.456 e. The summed E-state index contributed by atoms with van der Waals surface area (Å²) in [5, 5.41) is 11.5. The fourth-order valence-corrected chi connectivity index (χ4v) is 1.64. The molecule has 106 valence electrons. The van der Waals surface area contributed by atoms with E-state index in [9.17, 15) is 9.59 Å². The Kier molecular flexibility index (Phi) is 6.54. The Labute approximate surface area is 122 Å². The molecule has 0 aliphatic carbocycles. The molecule has 0 saturated heterocycles. The number of esters is 1. The van der Waals surface area contributed by atoms with Gasteiger partial charge in [-0.15, -0.1) is 0 Å². The second-order valence-corrected chi connectivity index (χ2v) is 4.53. The maximum atomic E-state index is 11.6. The van der Waals surface area contributed by atoms with Gasteiger partial charge in [-0.2, -0.15) is 5.26 Å². The highest BCUT2D eigenvalue weighted by Crippen LogP contribution is 2.20. The van der Waals surface area contributed by atoms with Crippen molar-refractivity contribution in [2.75, 3.05) is 11.9 Å². The van der Waals surface area contributed by atoms with Crippen LogP contribution in [-0.4, -0.2) is 18.5 Å². The van der Waals surface area contributed by atoms with Crippen molar-refractivity contribution in [1.82, 2.24) is 0 Å². The van der Waals surface area contributed by atoms with Gasteiger partial charge in [0.05, 0.1) is 10.6 Å². The lowest BCUT2D eigenvalue weighted by atomic mass is 10.2. The minimum Gasteiger partial charge on any atom is -0.456 e. The summed E-state index contributed by atoms with van der Waals surface area (Å²) in [5.41, 5.74) is 0.777. The van der Waals surface area contributed by atoms with E-state index < -0.39 is 5.91 Å². The smallest absolute Gasteiger partial charge is 0.306 e. The molecule has 0 spiro atoms. The van der Waals surface area contributed by atoms with Crippen LogP contribution in [0.15, 0.2) is 18.2 Å². The third-order valence-electron chi connectivity index (χ3n) is 2.47. The zero-order valence-corrected chi connectivity index (χ0v) is 11.9. The van der Waals surface area contributed by atoms with Crippen molar-refractivity contribution >= 4 is 29.2 Å². The fourth-order valence-electron chi connectivity index (χ4n) is 1.42. The molecule has 20 heavy (non-hydrogen) atoms. The van der Waals surface area contributed by atoms with Crippen LogP contribution in [0.3, 0.4) is 0 Å². The number of hydrogen-bond donors (Lipinski definition) is 1. The molecule has 0 aliphatic heterocycles. The molecule has 0 bridgehead atoms. The number of ether oxygens (including phenoxy) is 1. The molecule has 1 aromatic rings. The van der Waals surface area contributed by atoms with E-state index in [2.05, 4.69) is 5.32 Å². The highest BCUT2D eigenvalue weighted by molar-refractivity contribution is 6.32. The van der Waals surface area contributed by atoms with Gasteiger partial charge < -0.3 is 10.1 Å². The Morgan fingerprint density at radius 2 is 2.20 bits per heavy atom. The van der Waals surface area contributed by atoms with Crippen molar-refractivity contribution in [2.45, 2.75) is 26.2 Å². The molecule has 0 unspecified atom stereocenters. The van der Waals surface area contributed by atoms with Gasteiger partial charge in [-0.25, -0.2) is 0 Å². The molecular weight excluding hydrogens is 280 g/mol. The molecule has 0 aliphatic rings. The average Bonchev–Trinajstić information content (AvgIpc) is 2.43. The van der Waals surface area contributed by atoms with Gasteiger partial charge >= 0.3 is 5.97 Å². The molecule has 1 aromatic carbocycles. The summed E-state index contributed by atoms with van der Waals surface area (Å²) in [6.07, 6.45) is 1.95. The first kappa shape index (κ1) is 16.0. The number of amides is 1. The number of unbranched alkanes of at least 4 members (excludes halogenated alkanes) is 1. The van der Waals surface area contributed by atoms with E-state index in [0.29, 0.717) is 17.7 Å². The van der Waals surface area contributed by atoms with Crippen LogP contribution in [0.2, 0.25) is 5.02 Å². The maximum absolute atomic E-state index is 11.6. The molecule has 1 rings (SSSR count). The van der Waals surface area contributed by atoms with Crippen molar-refractivity contribution in [3.63, 3.8) is 0 Å². The molecule has 0 radical (unpaired) electrons. The van der Waals surface area contributed by atoms with Crippen molar-refractivity contribution in [3.05, 3.63) is 28.8 Å².